The van der Waals surface area contributed by atoms with Crippen molar-refractivity contribution in [2.75, 3.05) is 12.8 Å². The van der Waals surface area contributed by atoms with E-state index in [0.29, 0.717) is 0 Å². The number of rotatable bonds is 4. The van der Waals surface area contributed by atoms with E-state index in [0.717, 1.165) is 11.7 Å². The van der Waals surface area contributed by atoms with Gasteiger partial charge in [0.2, 0.25) is 0 Å². The minimum atomic E-state index is -4.56. The molecule has 2 heterocycles. The molecule has 0 bridgehead atoms. The van der Waals surface area contributed by atoms with Crippen LogP contribution >= 0.6 is 7.82 Å². The molecule has 4 atom stereocenters. The average molecular weight is 329 g/mol. The summed E-state index contributed by atoms with van der Waals surface area (Å²) in [7, 11) is -3.64. The first kappa shape index (κ1) is 18.8. The van der Waals surface area contributed by atoms with Crippen LogP contribution < -0.4 is 45.9 Å². The largest absolute Gasteiger partial charge is 1.00 e. The Balaban J connectivity index is 0.00000220. The first-order valence-corrected chi connectivity index (χ1v) is 7.02. The Morgan fingerprint density at radius 1 is 1.67 bits per heavy atom. The fraction of sp³-hybridized carbons (Fsp3) is 0.556. The number of aromatic nitrogens is 2. The number of anilines is 1. The minimum absolute atomic E-state index is 0. The van der Waals surface area contributed by atoms with E-state index < -0.39 is 32.1 Å². The second-order valence-corrected chi connectivity index (χ2v) is 5.51. The van der Waals surface area contributed by atoms with Crippen LogP contribution in [0.15, 0.2) is 17.1 Å². The normalized spacial score (nSPS) is 27.9. The summed E-state index contributed by atoms with van der Waals surface area (Å²) < 4.78 is 26.0. The van der Waals surface area contributed by atoms with Gasteiger partial charge in [-0.2, -0.15) is 4.98 Å². The number of nitrogens with two attached hydrogens (primary N) is 1. The third kappa shape index (κ3) is 4.59. The SMILES string of the molecule is COP(=O)([O-])O[C@H]1OC(n2ccc(N)nc2=O)CC1O.[Na+]. The van der Waals surface area contributed by atoms with Crippen molar-refractivity contribution in [2.24, 2.45) is 0 Å². The molecule has 0 aromatic carbocycles. The van der Waals surface area contributed by atoms with Gasteiger partial charge in [0.15, 0.2) is 6.29 Å². The van der Waals surface area contributed by atoms with Gasteiger partial charge in [0, 0.05) is 19.7 Å². The molecule has 1 saturated heterocycles. The fourth-order valence-corrected chi connectivity index (χ4v) is 2.24. The van der Waals surface area contributed by atoms with Gasteiger partial charge in [0.25, 0.3) is 7.82 Å². The maximum atomic E-state index is 11.6. The monoisotopic (exact) mass is 329 g/mol. The summed E-state index contributed by atoms with van der Waals surface area (Å²) in [5.74, 6) is 0.0426. The van der Waals surface area contributed by atoms with Gasteiger partial charge in [0.1, 0.15) is 18.1 Å². The molecule has 0 radical (unpaired) electrons. The molecule has 1 fully saturated rings. The maximum Gasteiger partial charge on any atom is 1.00 e. The number of hydrogen-bond donors (Lipinski definition) is 2. The summed E-state index contributed by atoms with van der Waals surface area (Å²) in [6, 6.07) is 1.37. The molecule has 3 N–H and O–H groups in total. The number of aliphatic hydroxyl groups is 1. The van der Waals surface area contributed by atoms with Gasteiger partial charge in [0.05, 0.1) is 0 Å². The minimum Gasteiger partial charge on any atom is -0.756 e. The predicted octanol–water partition coefficient (Wildman–Crippen LogP) is -4.43. The van der Waals surface area contributed by atoms with Gasteiger partial charge >= 0.3 is 35.2 Å². The molecule has 0 saturated carbocycles. The van der Waals surface area contributed by atoms with Crippen molar-refractivity contribution in [1.82, 2.24) is 9.55 Å². The molecule has 0 spiro atoms. The molecule has 3 unspecified atom stereocenters. The van der Waals surface area contributed by atoms with Gasteiger partial charge in [-0.3, -0.25) is 13.7 Å². The van der Waals surface area contributed by atoms with E-state index in [1.165, 1.54) is 12.3 Å². The van der Waals surface area contributed by atoms with Crippen LogP contribution in [0.4, 0.5) is 5.82 Å². The van der Waals surface area contributed by atoms with Crippen molar-refractivity contribution in [3.8, 4) is 0 Å². The Morgan fingerprint density at radius 3 is 2.90 bits per heavy atom. The molecule has 1 aliphatic heterocycles. The zero-order valence-corrected chi connectivity index (χ0v) is 14.3. The van der Waals surface area contributed by atoms with Crippen LogP contribution in [0.5, 0.6) is 0 Å². The summed E-state index contributed by atoms with van der Waals surface area (Å²) in [5, 5.41) is 9.70. The molecular weight excluding hydrogens is 316 g/mol. The molecule has 1 aliphatic rings. The molecule has 21 heavy (non-hydrogen) atoms. The summed E-state index contributed by atoms with van der Waals surface area (Å²) in [6.07, 6.45) is -2.31. The van der Waals surface area contributed by atoms with Crippen molar-refractivity contribution in [2.45, 2.75) is 25.0 Å². The van der Waals surface area contributed by atoms with Crippen molar-refractivity contribution < 1.29 is 57.9 Å². The number of nitrogens with zero attached hydrogens (tertiary/aromatic N) is 2. The number of hydrogen-bond acceptors (Lipinski definition) is 9. The van der Waals surface area contributed by atoms with E-state index in [9.17, 15) is 19.4 Å². The molecule has 1 aromatic rings. The third-order valence-electron chi connectivity index (χ3n) is 2.67. The van der Waals surface area contributed by atoms with Crippen LogP contribution in [0.1, 0.15) is 12.6 Å². The Hall–Kier alpha value is -0.290. The van der Waals surface area contributed by atoms with E-state index in [1.54, 1.807) is 0 Å². The van der Waals surface area contributed by atoms with Gasteiger partial charge in [-0.05, 0) is 6.07 Å². The second-order valence-electron chi connectivity index (χ2n) is 4.04. The predicted molar refractivity (Wildman–Crippen MR) is 63.1 cm³/mol. The molecule has 12 heteroatoms. The van der Waals surface area contributed by atoms with Crippen molar-refractivity contribution in [3.05, 3.63) is 22.7 Å². The molecule has 10 nitrogen and oxygen atoms in total. The molecular formula is C9H13N3NaO7P. The summed E-state index contributed by atoms with van der Waals surface area (Å²) in [4.78, 5) is 26.3. The van der Waals surface area contributed by atoms with Gasteiger partial charge < -0.3 is 25.0 Å². The number of phosphoric acid groups is 1. The summed E-state index contributed by atoms with van der Waals surface area (Å²) in [6.45, 7) is 0. The number of phosphoric ester groups is 1. The van der Waals surface area contributed by atoms with E-state index in [4.69, 9.17) is 10.5 Å². The van der Waals surface area contributed by atoms with Crippen molar-refractivity contribution in [3.63, 3.8) is 0 Å². The standard InChI is InChI=1S/C9H14N3O7P.Na/c1-17-20(15,16)19-8-5(13)4-7(18-8)12-3-2-6(10)11-9(12)14;/h2-3,5,7-8,13H,4H2,1H3,(H,15,16)(H2,10,11,14);/q;+1/p-1/t5?,7?,8-;/m1./s1. The van der Waals surface area contributed by atoms with Crippen molar-refractivity contribution >= 4 is 13.6 Å². The second kappa shape index (κ2) is 7.32. The smallest absolute Gasteiger partial charge is 0.756 e. The Bertz CT molecular complexity index is 597. The van der Waals surface area contributed by atoms with Gasteiger partial charge in [-0.1, -0.05) is 0 Å². The molecule has 0 aliphatic carbocycles. The van der Waals surface area contributed by atoms with Crippen LogP contribution in [0, 0.1) is 0 Å². The molecule has 1 aromatic heterocycles. The van der Waals surface area contributed by atoms with Gasteiger partial charge in [-0.15, -0.1) is 0 Å². The quantitative estimate of drug-likeness (QED) is 0.412. The first-order valence-electron chi connectivity index (χ1n) is 5.56. The van der Waals surface area contributed by atoms with Crippen molar-refractivity contribution in [1.29, 1.82) is 0 Å². The topological polar surface area (TPSA) is 149 Å². The molecule has 0 amide bonds. The van der Waals surface area contributed by atoms with Gasteiger partial charge in [-0.25, -0.2) is 4.79 Å². The summed E-state index contributed by atoms with van der Waals surface area (Å²) in [5.41, 5.74) is 4.67. The summed E-state index contributed by atoms with van der Waals surface area (Å²) >= 11 is 0. The van der Waals surface area contributed by atoms with Crippen LogP contribution in [0.25, 0.3) is 0 Å². The molecule has 112 valence electrons. The number of ether oxygens (including phenoxy) is 1. The van der Waals surface area contributed by atoms with E-state index in [2.05, 4.69) is 14.0 Å². The zero-order chi connectivity index (χ0) is 14.9. The Morgan fingerprint density at radius 2 is 2.33 bits per heavy atom. The first-order chi connectivity index (χ1) is 9.32. The molecule has 2 rings (SSSR count). The Labute approximate surface area is 141 Å². The van der Waals surface area contributed by atoms with Crippen LogP contribution in [0.2, 0.25) is 0 Å². The fourth-order valence-electron chi connectivity index (χ4n) is 1.71. The van der Waals surface area contributed by atoms with E-state index in [-0.39, 0.29) is 41.8 Å². The third-order valence-corrected chi connectivity index (χ3v) is 3.58. The van der Waals surface area contributed by atoms with E-state index in [1.807, 2.05) is 0 Å². The Kier molecular flexibility index (Phi) is 6.54. The van der Waals surface area contributed by atoms with Crippen LogP contribution in [-0.4, -0.2) is 34.2 Å². The average Bonchev–Trinajstić information content (AvgIpc) is 2.70. The maximum absolute atomic E-state index is 11.6. The number of nitrogen functional groups attached to an aromatic ring is 1. The van der Waals surface area contributed by atoms with Crippen LogP contribution in [-0.2, 0) is 18.3 Å². The van der Waals surface area contributed by atoms with Crippen LogP contribution in [0.3, 0.4) is 0 Å². The van der Waals surface area contributed by atoms with E-state index >= 15 is 0 Å². The number of aliphatic hydroxyl groups excluding tert-OH is 1. The zero-order valence-electron chi connectivity index (χ0n) is 11.4.